The third-order valence-electron chi connectivity index (χ3n) is 4.81. The number of halogens is 5. The van der Waals surface area contributed by atoms with Crippen molar-refractivity contribution in [1.82, 2.24) is 9.97 Å². The number of aromatic nitrogens is 2. The van der Waals surface area contributed by atoms with E-state index in [-0.39, 0.29) is 15.8 Å². The molecule has 2 heterocycles. The number of nitrogens with one attached hydrogen (secondary N) is 1. The van der Waals surface area contributed by atoms with Crippen molar-refractivity contribution in [2.45, 2.75) is 13.0 Å². The molecule has 0 aliphatic heterocycles. The highest BCUT2D eigenvalue weighted by Gasteiger charge is 2.25. The summed E-state index contributed by atoms with van der Waals surface area (Å²) in [4.78, 5) is 8.75. The zero-order chi connectivity index (χ0) is 22.3. The first-order valence-electron chi connectivity index (χ1n) is 9.06. The second-order valence-electron chi connectivity index (χ2n) is 6.83. The lowest BCUT2D eigenvalue weighted by molar-refractivity contribution is 0.471. The first kappa shape index (κ1) is 22.3. The van der Waals surface area contributed by atoms with Crippen LogP contribution in [0.5, 0.6) is 5.75 Å². The molecule has 2 N–H and O–H groups in total. The average molecular weight is 514 g/mol. The number of aromatic hydroxyl groups is 1. The van der Waals surface area contributed by atoms with E-state index in [0.717, 1.165) is 5.39 Å². The molecule has 0 saturated carbocycles. The number of pyridine rings is 2. The van der Waals surface area contributed by atoms with Crippen molar-refractivity contribution in [3.05, 3.63) is 90.6 Å². The Labute approximate surface area is 203 Å². The number of phenolic OH excluding ortho intramolecular Hbond substituents is 1. The maximum absolute atomic E-state index is 11.1. The molecule has 0 bridgehead atoms. The summed E-state index contributed by atoms with van der Waals surface area (Å²) in [5, 5.41) is 16.8. The van der Waals surface area contributed by atoms with Gasteiger partial charge in [-0.1, -0.05) is 76.2 Å². The van der Waals surface area contributed by atoms with Crippen LogP contribution in [0.1, 0.15) is 22.9 Å². The Hall–Kier alpha value is -1.95. The fraction of sp³-hybridized carbons (Fsp3) is 0.0909. The van der Waals surface area contributed by atoms with Gasteiger partial charge in [-0.25, -0.2) is 4.98 Å². The topological polar surface area (TPSA) is 58.0 Å². The van der Waals surface area contributed by atoms with Crippen LogP contribution in [0.4, 0.5) is 5.82 Å². The minimum atomic E-state index is -0.694. The summed E-state index contributed by atoms with van der Waals surface area (Å²) < 4.78 is 0. The lowest BCUT2D eigenvalue weighted by atomic mass is 9.96. The summed E-state index contributed by atoms with van der Waals surface area (Å²) >= 11 is 31.6. The van der Waals surface area contributed by atoms with Crippen LogP contribution in [-0.2, 0) is 0 Å². The maximum atomic E-state index is 11.1. The van der Waals surface area contributed by atoms with E-state index in [2.05, 4.69) is 15.3 Å². The maximum Gasteiger partial charge on any atom is 0.147 e. The number of benzene rings is 2. The Morgan fingerprint density at radius 1 is 0.903 bits per heavy atom. The summed E-state index contributed by atoms with van der Waals surface area (Å²) in [6.45, 7) is 1.76. The Balaban J connectivity index is 1.95. The molecule has 9 heteroatoms. The van der Waals surface area contributed by atoms with Gasteiger partial charge in [-0.05, 0) is 31.2 Å². The van der Waals surface area contributed by atoms with Crippen LogP contribution in [-0.4, -0.2) is 15.1 Å². The predicted octanol–water partition coefficient (Wildman–Crippen LogP) is 8.11. The van der Waals surface area contributed by atoms with Gasteiger partial charge in [0, 0.05) is 27.7 Å². The molecule has 31 heavy (non-hydrogen) atoms. The van der Waals surface area contributed by atoms with Crippen molar-refractivity contribution in [3.63, 3.8) is 0 Å². The van der Waals surface area contributed by atoms with Gasteiger partial charge in [-0.15, -0.1) is 0 Å². The van der Waals surface area contributed by atoms with E-state index in [9.17, 15) is 5.11 Å². The van der Waals surface area contributed by atoms with Gasteiger partial charge in [0.2, 0.25) is 0 Å². The van der Waals surface area contributed by atoms with Crippen molar-refractivity contribution < 1.29 is 5.11 Å². The summed E-state index contributed by atoms with van der Waals surface area (Å²) in [7, 11) is 0. The van der Waals surface area contributed by atoms with Crippen LogP contribution in [0, 0.1) is 6.92 Å². The van der Waals surface area contributed by atoms with E-state index in [1.807, 2.05) is 12.1 Å². The minimum Gasteiger partial charge on any atom is -0.505 e. The zero-order valence-electron chi connectivity index (χ0n) is 15.9. The van der Waals surface area contributed by atoms with Crippen LogP contribution >= 0.6 is 58.0 Å². The summed E-state index contributed by atoms with van der Waals surface area (Å²) in [6, 6.07) is 11.4. The molecule has 0 fully saturated rings. The molecule has 2 aromatic carbocycles. The van der Waals surface area contributed by atoms with Crippen molar-refractivity contribution in [2.75, 3.05) is 5.32 Å². The highest BCUT2D eigenvalue weighted by molar-refractivity contribution is 6.43. The van der Waals surface area contributed by atoms with Crippen molar-refractivity contribution in [2.24, 2.45) is 0 Å². The molecule has 0 aliphatic carbocycles. The monoisotopic (exact) mass is 511 g/mol. The Kier molecular flexibility index (Phi) is 6.38. The fourth-order valence-electron chi connectivity index (χ4n) is 3.28. The highest BCUT2D eigenvalue weighted by Crippen LogP contribution is 2.42. The van der Waals surface area contributed by atoms with Gasteiger partial charge in [0.15, 0.2) is 0 Å². The quantitative estimate of drug-likeness (QED) is 0.271. The smallest absolute Gasteiger partial charge is 0.147 e. The van der Waals surface area contributed by atoms with Crippen molar-refractivity contribution in [3.8, 4) is 5.75 Å². The van der Waals surface area contributed by atoms with Crippen molar-refractivity contribution in [1.29, 1.82) is 0 Å². The second-order valence-corrected chi connectivity index (χ2v) is 8.87. The number of nitrogens with zero attached hydrogens (tertiary/aromatic N) is 2. The molecule has 1 unspecified atom stereocenters. The van der Waals surface area contributed by atoms with Gasteiger partial charge < -0.3 is 10.4 Å². The molecular weight excluding hydrogens is 500 g/mol. The summed E-state index contributed by atoms with van der Waals surface area (Å²) in [5.74, 6) is 0.353. The standard InChI is InChI=1S/C22H14Cl5N3O/c1-10-15(24)9-17(26)22(29-10)30-20(14-7-12(23)8-16(25)18(14)27)13-5-4-11-3-2-6-28-19(11)21(13)31/h2-9,20,31H,1H3,(H,29,30). The Morgan fingerprint density at radius 2 is 1.68 bits per heavy atom. The number of aryl methyl sites for hydroxylation is 1. The van der Waals surface area contributed by atoms with E-state index in [1.165, 1.54) is 0 Å². The third-order valence-corrected chi connectivity index (χ3v) is 6.51. The highest BCUT2D eigenvalue weighted by atomic mass is 35.5. The summed E-state index contributed by atoms with van der Waals surface area (Å²) in [6.07, 6.45) is 1.61. The first-order chi connectivity index (χ1) is 14.8. The van der Waals surface area contributed by atoms with E-state index in [0.29, 0.717) is 43.2 Å². The average Bonchev–Trinajstić information content (AvgIpc) is 2.73. The molecule has 2 aromatic heterocycles. The van der Waals surface area contributed by atoms with E-state index in [1.54, 1.807) is 43.5 Å². The molecule has 0 radical (unpaired) electrons. The largest absolute Gasteiger partial charge is 0.505 e. The molecule has 0 saturated heterocycles. The second kappa shape index (κ2) is 8.89. The number of anilines is 1. The van der Waals surface area contributed by atoms with Gasteiger partial charge in [0.1, 0.15) is 17.1 Å². The number of hydrogen-bond acceptors (Lipinski definition) is 4. The summed E-state index contributed by atoms with van der Waals surface area (Å²) in [5.41, 5.74) is 2.07. The number of hydrogen-bond donors (Lipinski definition) is 2. The lowest BCUT2D eigenvalue weighted by Gasteiger charge is -2.24. The Morgan fingerprint density at radius 3 is 2.45 bits per heavy atom. The molecular formula is C22H14Cl5N3O. The van der Waals surface area contributed by atoms with Gasteiger partial charge in [-0.3, -0.25) is 4.98 Å². The van der Waals surface area contributed by atoms with E-state index in [4.69, 9.17) is 58.0 Å². The SMILES string of the molecule is Cc1nc(NC(c2cc(Cl)cc(Cl)c2Cl)c2ccc3cccnc3c2O)c(Cl)cc1Cl. The van der Waals surface area contributed by atoms with Crippen LogP contribution in [0.15, 0.2) is 48.7 Å². The van der Waals surface area contributed by atoms with E-state index < -0.39 is 6.04 Å². The molecule has 1 atom stereocenters. The van der Waals surface area contributed by atoms with Gasteiger partial charge in [0.05, 0.1) is 31.8 Å². The van der Waals surface area contributed by atoms with Gasteiger partial charge in [-0.2, -0.15) is 0 Å². The fourth-order valence-corrected chi connectivity index (χ4v) is 4.42. The van der Waals surface area contributed by atoms with Crippen LogP contribution < -0.4 is 5.32 Å². The lowest BCUT2D eigenvalue weighted by Crippen LogP contribution is -2.15. The molecule has 0 amide bonds. The molecule has 158 valence electrons. The van der Waals surface area contributed by atoms with Gasteiger partial charge >= 0.3 is 0 Å². The molecule has 4 aromatic rings. The van der Waals surface area contributed by atoms with E-state index >= 15 is 0 Å². The number of rotatable bonds is 4. The Bertz CT molecular complexity index is 1310. The number of phenols is 1. The first-order valence-corrected chi connectivity index (χ1v) is 11.0. The third kappa shape index (κ3) is 4.36. The molecule has 0 aliphatic rings. The minimum absolute atomic E-state index is 0.00966. The predicted molar refractivity (Wildman–Crippen MR) is 129 cm³/mol. The van der Waals surface area contributed by atoms with Crippen LogP contribution in [0.3, 0.4) is 0 Å². The molecule has 0 spiro atoms. The molecule has 4 rings (SSSR count). The van der Waals surface area contributed by atoms with Crippen LogP contribution in [0.2, 0.25) is 25.1 Å². The molecule has 4 nitrogen and oxygen atoms in total. The van der Waals surface area contributed by atoms with Crippen LogP contribution in [0.25, 0.3) is 10.9 Å². The normalized spacial score (nSPS) is 12.2. The zero-order valence-corrected chi connectivity index (χ0v) is 19.7. The van der Waals surface area contributed by atoms with Gasteiger partial charge in [0.25, 0.3) is 0 Å². The number of fused-ring (bicyclic) bond motifs is 1. The van der Waals surface area contributed by atoms with Crippen molar-refractivity contribution >= 4 is 74.7 Å².